The van der Waals surface area contributed by atoms with E-state index in [-0.39, 0.29) is 11.5 Å². The molecule has 1 N–H and O–H groups in total. The number of aromatic nitrogens is 1. The van der Waals surface area contributed by atoms with Crippen molar-refractivity contribution in [2.45, 2.75) is 31.9 Å². The highest BCUT2D eigenvalue weighted by molar-refractivity contribution is 7.89. The quantitative estimate of drug-likeness (QED) is 0.883. The Morgan fingerprint density at radius 2 is 2.00 bits per heavy atom. The lowest BCUT2D eigenvalue weighted by atomic mass is 10.3. The minimum atomic E-state index is -3.56. The van der Waals surface area contributed by atoms with Crippen molar-refractivity contribution in [2.24, 2.45) is 0 Å². The molecule has 0 bridgehead atoms. The van der Waals surface area contributed by atoms with Gasteiger partial charge in [0.1, 0.15) is 0 Å². The highest BCUT2D eigenvalue weighted by atomic mass is 32.2. The van der Waals surface area contributed by atoms with Crippen molar-refractivity contribution >= 4 is 21.4 Å². The first-order valence-corrected chi connectivity index (χ1v) is 8.84. The van der Waals surface area contributed by atoms with Gasteiger partial charge in [-0.15, -0.1) is 11.3 Å². The molecule has 2 aromatic rings. The van der Waals surface area contributed by atoms with E-state index in [1.807, 2.05) is 6.92 Å². The van der Waals surface area contributed by atoms with Gasteiger partial charge in [0.05, 0.1) is 11.5 Å². The molecule has 0 aliphatic heterocycles. The van der Waals surface area contributed by atoms with Crippen LogP contribution in [0.4, 0.5) is 0 Å². The lowest BCUT2D eigenvalue weighted by Crippen LogP contribution is -2.30. The smallest absolute Gasteiger partial charge is 0.244 e. The minimum Gasteiger partial charge on any atom is -0.391 e. The van der Waals surface area contributed by atoms with Gasteiger partial charge in [-0.3, -0.25) is 4.98 Å². The van der Waals surface area contributed by atoms with Gasteiger partial charge in [-0.05, 0) is 30.7 Å². The minimum absolute atomic E-state index is 0.141. The van der Waals surface area contributed by atoms with Gasteiger partial charge in [0.2, 0.25) is 10.0 Å². The molecule has 5 nitrogen and oxygen atoms in total. The van der Waals surface area contributed by atoms with Gasteiger partial charge >= 0.3 is 0 Å². The summed E-state index contributed by atoms with van der Waals surface area (Å²) in [5.74, 6) is 0. The van der Waals surface area contributed by atoms with Crippen LogP contribution in [-0.4, -0.2) is 29.4 Å². The van der Waals surface area contributed by atoms with E-state index in [0.29, 0.717) is 22.8 Å². The summed E-state index contributed by atoms with van der Waals surface area (Å²) in [4.78, 5) is 5.58. The van der Waals surface area contributed by atoms with Crippen LogP contribution in [0.15, 0.2) is 35.5 Å². The predicted molar refractivity (Wildman–Crippen MR) is 82.5 cm³/mol. The second-order valence-electron chi connectivity index (χ2n) is 4.58. The summed E-state index contributed by atoms with van der Waals surface area (Å²) in [6.45, 7) is 4.13. The molecule has 21 heavy (non-hydrogen) atoms. The summed E-state index contributed by atoms with van der Waals surface area (Å²) in [5.41, 5.74) is 0.894. The second-order valence-corrected chi connectivity index (χ2v) is 7.83. The maximum absolute atomic E-state index is 12.8. The van der Waals surface area contributed by atoms with Gasteiger partial charge in [0, 0.05) is 35.2 Å². The summed E-state index contributed by atoms with van der Waals surface area (Å²) in [5, 5.41) is 9.17. The van der Waals surface area contributed by atoms with Gasteiger partial charge in [0.15, 0.2) is 0 Å². The molecule has 0 aromatic carbocycles. The average molecular weight is 326 g/mol. The normalized spacial score (nSPS) is 12.0. The van der Waals surface area contributed by atoms with Crippen molar-refractivity contribution in [3.8, 4) is 0 Å². The van der Waals surface area contributed by atoms with Gasteiger partial charge in [-0.1, -0.05) is 6.92 Å². The molecule has 0 atom stereocenters. The molecular weight excluding hydrogens is 308 g/mol. The Labute approximate surface area is 128 Å². The Bertz CT molecular complexity index is 696. The molecule has 2 heterocycles. The maximum Gasteiger partial charge on any atom is 0.244 e. The van der Waals surface area contributed by atoms with Gasteiger partial charge in [-0.2, -0.15) is 4.31 Å². The molecule has 0 saturated heterocycles. The first-order valence-electron chi connectivity index (χ1n) is 6.58. The number of pyridine rings is 1. The van der Waals surface area contributed by atoms with Crippen molar-refractivity contribution in [3.05, 3.63) is 45.9 Å². The van der Waals surface area contributed by atoms with E-state index >= 15 is 0 Å². The summed E-state index contributed by atoms with van der Waals surface area (Å²) in [7, 11) is -3.56. The number of aliphatic hydroxyl groups is 1. The molecule has 0 unspecified atom stereocenters. The Morgan fingerprint density at radius 1 is 1.33 bits per heavy atom. The molecule has 0 fully saturated rings. The number of hydrogen-bond donors (Lipinski definition) is 1. The molecular formula is C14H18N2O3S2. The summed E-state index contributed by atoms with van der Waals surface area (Å²) >= 11 is 1.31. The van der Waals surface area contributed by atoms with E-state index in [0.717, 1.165) is 5.56 Å². The highest BCUT2D eigenvalue weighted by Gasteiger charge is 2.26. The topological polar surface area (TPSA) is 70.5 Å². The lowest BCUT2D eigenvalue weighted by Gasteiger charge is -2.20. The zero-order valence-corrected chi connectivity index (χ0v) is 13.6. The van der Waals surface area contributed by atoms with Crippen molar-refractivity contribution in [1.29, 1.82) is 0 Å². The van der Waals surface area contributed by atoms with E-state index in [9.17, 15) is 8.42 Å². The first-order chi connectivity index (χ1) is 9.98. The van der Waals surface area contributed by atoms with Gasteiger partial charge in [-0.25, -0.2) is 8.42 Å². The third-order valence-electron chi connectivity index (χ3n) is 3.16. The van der Waals surface area contributed by atoms with Crippen LogP contribution in [0.2, 0.25) is 0 Å². The van der Waals surface area contributed by atoms with E-state index in [2.05, 4.69) is 4.98 Å². The fraction of sp³-hybridized carbons (Fsp3) is 0.357. The number of nitrogens with zero attached hydrogens (tertiary/aromatic N) is 2. The van der Waals surface area contributed by atoms with Crippen molar-refractivity contribution in [1.82, 2.24) is 9.29 Å². The molecule has 2 aromatic heterocycles. The van der Waals surface area contributed by atoms with Crippen molar-refractivity contribution < 1.29 is 13.5 Å². The average Bonchev–Trinajstić information content (AvgIpc) is 2.87. The zero-order chi connectivity index (χ0) is 15.5. The summed E-state index contributed by atoms with van der Waals surface area (Å²) in [6.07, 6.45) is 3.30. The van der Waals surface area contributed by atoms with Gasteiger partial charge < -0.3 is 5.11 Å². The molecule has 0 saturated carbocycles. The van der Waals surface area contributed by atoms with E-state index in [4.69, 9.17) is 5.11 Å². The zero-order valence-electron chi connectivity index (χ0n) is 12.0. The number of sulfonamides is 1. The summed E-state index contributed by atoms with van der Waals surface area (Å²) in [6, 6.07) is 5.17. The Balaban J connectivity index is 2.33. The van der Waals surface area contributed by atoms with Crippen LogP contribution in [0.3, 0.4) is 0 Å². The SMILES string of the molecule is CCN(Cc1ccncc1)S(=O)(=O)c1cc(CO)sc1C. The third kappa shape index (κ3) is 3.49. The Hall–Kier alpha value is -1.28. The van der Waals surface area contributed by atoms with Crippen LogP contribution in [0, 0.1) is 6.92 Å². The third-order valence-corrected chi connectivity index (χ3v) is 6.37. The lowest BCUT2D eigenvalue weighted by molar-refractivity contribution is 0.285. The van der Waals surface area contributed by atoms with Crippen molar-refractivity contribution in [2.75, 3.05) is 6.54 Å². The Kier molecular flexibility index (Phi) is 5.10. The van der Waals surface area contributed by atoms with E-state index in [1.54, 1.807) is 37.5 Å². The number of aliphatic hydroxyl groups excluding tert-OH is 1. The molecule has 2 rings (SSSR count). The molecule has 0 aliphatic rings. The van der Waals surface area contributed by atoms with E-state index in [1.165, 1.54) is 15.6 Å². The number of hydrogen-bond acceptors (Lipinski definition) is 5. The predicted octanol–water partition coefficient (Wildman–Crippen LogP) is 2.15. The second kappa shape index (κ2) is 6.65. The van der Waals surface area contributed by atoms with Crippen LogP contribution >= 0.6 is 11.3 Å². The van der Waals surface area contributed by atoms with Gasteiger partial charge in [0.25, 0.3) is 0 Å². The molecule has 0 amide bonds. The Morgan fingerprint density at radius 3 is 2.52 bits per heavy atom. The highest BCUT2D eigenvalue weighted by Crippen LogP contribution is 2.28. The van der Waals surface area contributed by atoms with Crippen LogP contribution in [0.5, 0.6) is 0 Å². The van der Waals surface area contributed by atoms with Crippen LogP contribution < -0.4 is 0 Å². The number of rotatable bonds is 6. The number of thiophene rings is 1. The largest absolute Gasteiger partial charge is 0.391 e. The molecule has 114 valence electrons. The fourth-order valence-electron chi connectivity index (χ4n) is 2.06. The standard InChI is InChI=1S/C14H18N2O3S2/c1-3-16(9-12-4-6-15-7-5-12)21(18,19)14-8-13(10-17)20-11(14)2/h4-8,17H,3,9-10H2,1-2H3. The van der Waals surface area contributed by atoms with Crippen LogP contribution in [0.25, 0.3) is 0 Å². The molecule has 0 spiro atoms. The maximum atomic E-state index is 12.8. The van der Waals surface area contributed by atoms with Crippen molar-refractivity contribution in [3.63, 3.8) is 0 Å². The number of aryl methyl sites for hydroxylation is 1. The molecule has 7 heteroatoms. The van der Waals surface area contributed by atoms with Crippen LogP contribution in [-0.2, 0) is 23.2 Å². The molecule has 0 radical (unpaired) electrons. The van der Waals surface area contributed by atoms with Crippen LogP contribution in [0.1, 0.15) is 22.2 Å². The molecule has 0 aliphatic carbocycles. The summed E-state index contributed by atoms with van der Waals surface area (Å²) < 4.78 is 26.9. The van der Waals surface area contributed by atoms with E-state index < -0.39 is 10.0 Å². The first kappa shape index (κ1) is 16.1. The fourth-order valence-corrected chi connectivity index (χ4v) is 4.96. The monoisotopic (exact) mass is 326 g/mol.